The van der Waals surface area contributed by atoms with Crippen LogP contribution in [0.5, 0.6) is 0 Å². The largest absolute Gasteiger partial charge is 0.310 e. The summed E-state index contributed by atoms with van der Waals surface area (Å²) in [5.41, 5.74) is 1.61. The zero-order valence-electron chi connectivity index (χ0n) is 9.17. The summed E-state index contributed by atoms with van der Waals surface area (Å²) in [5.74, 6) is 3.26. The van der Waals surface area contributed by atoms with Crippen molar-refractivity contribution in [1.29, 1.82) is 0 Å². The van der Waals surface area contributed by atoms with Crippen molar-refractivity contribution >= 4 is 0 Å². The molecule has 1 nitrogen and oxygen atoms in total. The average molecular weight is 179 g/mol. The first-order valence-electron chi connectivity index (χ1n) is 5.55. The highest BCUT2D eigenvalue weighted by Crippen LogP contribution is 2.43. The maximum absolute atomic E-state index is 3.67. The molecule has 0 aromatic carbocycles. The van der Waals surface area contributed by atoms with E-state index in [2.05, 4.69) is 39.1 Å². The lowest BCUT2D eigenvalue weighted by Crippen LogP contribution is -2.54. The predicted octanol–water partition coefficient (Wildman–Crippen LogP) is 2.44. The molecule has 1 N–H and O–H groups in total. The summed E-state index contributed by atoms with van der Waals surface area (Å²) < 4.78 is 0. The fourth-order valence-electron chi connectivity index (χ4n) is 2.90. The summed E-state index contributed by atoms with van der Waals surface area (Å²) in [6, 6.07) is 0.775. The van der Waals surface area contributed by atoms with E-state index in [1.54, 1.807) is 5.57 Å². The van der Waals surface area contributed by atoms with Crippen molar-refractivity contribution in [3.63, 3.8) is 0 Å². The molecule has 1 saturated carbocycles. The standard InChI is InChI=1S/C12H21N/c1-7(2)10-5-11-8(3)12(9(11)4)13-6-10/h5,7-9,11-13H,6H2,1-4H3. The van der Waals surface area contributed by atoms with E-state index in [9.17, 15) is 0 Å². The number of fused-ring (bicyclic) bond motifs is 2. The molecule has 0 radical (unpaired) electrons. The molecule has 1 aliphatic carbocycles. The predicted molar refractivity (Wildman–Crippen MR) is 56.5 cm³/mol. The highest BCUT2D eigenvalue weighted by molar-refractivity contribution is 5.19. The van der Waals surface area contributed by atoms with Crippen molar-refractivity contribution in [3.8, 4) is 0 Å². The maximum atomic E-state index is 3.67. The molecule has 0 aromatic rings. The van der Waals surface area contributed by atoms with E-state index < -0.39 is 0 Å². The summed E-state index contributed by atoms with van der Waals surface area (Å²) in [5, 5.41) is 3.67. The zero-order chi connectivity index (χ0) is 9.59. The third-order valence-corrected chi connectivity index (χ3v) is 4.04. The van der Waals surface area contributed by atoms with Crippen LogP contribution >= 0.6 is 0 Å². The van der Waals surface area contributed by atoms with Gasteiger partial charge in [0.05, 0.1) is 0 Å². The maximum Gasteiger partial charge on any atom is 0.0170 e. The lowest BCUT2D eigenvalue weighted by atomic mass is 9.62. The van der Waals surface area contributed by atoms with E-state index in [-0.39, 0.29) is 0 Å². The van der Waals surface area contributed by atoms with Gasteiger partial charge in [-0.15, -0.1) is 0 Å². The van der Waals surface area contributed by atoms with Gasteiger partial charge in [0.1, 0.15) is 0 Å². The van der Waals surface area contributed by atoms with Gasteiger partial charge in [0.15, 0.2) is 0 Å². The van der Waals surface area contributed by atoms with Crippen molar-refractivity contribution in [2.24, 2.45) is 23.7 Å². The number of allylic oxidation sites excluding steroid dienone is 1. The van der Waals surface area contributed by atoms with Crippen LogP contribution in [0.4, 0.5) is 0 Å². The van der Waals surface area contributed by atoms with Gasteiger partial charge in [-0.25, -0.2) is 0 Å². The van der Waals surface area contributed by atoms with Crippen LogP contribution in [0.3, 0.4) is 0 Å². The van der Waals surface area contributed by atoms with Gasteiger partial charge >= 0.3 is 0 Å². The molecular weight excluding hydrogens is 158 g/mol. The number of hydrogen-bond donors (Lipinski definition) is 1. The van der Waals surface area contributed by atoms with Gasteiger partial charge in [0.25, 0.3) is 0 Å². The van der Waals surface area contributed by atoms with Gasteiger partial charge < -0.3 is 5.32 Å². The topological polar surface area (TPSA) is 12.0 Å². The van der Waals surface area contributed by atoms with Gasteiger partial charge in [-0.05, 0) is 23.7 Å². The molecule has 1 fully saturated rings. The Hall–Kier alpha value is -0.300. The highest BCUT2D eigenvalue weighted by Gasteiger charge is 2.45. The Balaban J connectivity index is 2.17. The summed E-state index contributed by atoms with van der Waals surface area (Å²) in [7, 11) is 0. The summed E-state index contributed by atoms with van der Waals surface area (Å²) in [6.45, 7) is 10.5. The monoisotopic (exact) mass is 179 g/mol. The molecule has 2 aliphatic heterocycles. The van der Waals surface area contributed by atoms with Crippen LogP contribution in [0.1, 0.15) is 27.7 Å². The quantitative estimate of drug-likeness (QED) is 0.610. The molecule has 2 bridgehead atoms. The fourth-order valence-corrected chi connectivity index (χ4v) is 2.90. The first kappa shape index (κ1) is 9.26. The number of nitrogens with one attached hydrogen (secondary N) is 1. The van der Waals surface area contributed by atoms with Crippen molar-refractivity contribution < 1.29 is 0 Å². The molecule has 2 atom stereocenters. The van der Waals surface area contributed by atoms with Crippen molar-refractivity contribution in [3.05, 3.63) is 11.6 Å². The fraction of sp³-hybridized carbons (Fsp3) is 0.833. The molecule has 3 aliphatic rings. The van der Waals surface area contributed by atoms with Crippen LogP contribution in [-0.4, -0.2) is 12.6 Å². The highest BCUT2D eigenvalue weighted by atomic mass is 15.0. The van der Waals surface area contributed by atoms with Crippen LogP contribution in [-0.2, 0) is 0 Å². The van der Waals surface area contributed by atoms with E-state index in [0.717, 1.165) is 30.3 Å². The van der Waals surface area contributed by atoms with Gasteiger partial charge in [0.2, 0.25) is 0 Å². The minimum atomic E-state index is 0.714. The van der Waals surface area contributed by atoms with E-state index in [4.69, 9.17) is 0 Å². The SMILES string of the molecule is CC(C)C1=CC2C(C)C(NC1)C2C. The molecule has 0 aromatic heterocycles. The Morgan fingerprint density at radius 3 is 2.46 bits per heavy atom. The summed E-state index contributed by atoms with van der Waals surface area (Å²) >= 11 is 0. The summed E-state index contributed by atoms with van der Waals surface area (Å²) in [6.07, 6.45) is 2.54. The number of rotatable bonds is 1. The van der Waals surface area contributed by atoms with E-state index in [1.807, 2.05) is 0 Å². The first-order chi connectivity index (χ1) is 6.11. The Labute approximate surface area is 81.6 Å². The third-order valence-electron chi connectivity index (χ3n) is 4.04. The molecular formula is C12H21N. The molecule has 0 amide bonds. The Bertz CT molecular complexity index is 219. The minimum absolute atomic E-state index is 0.714. The lowest BCUT2D eigenvalue weighted by Gasteiger charge is -2.47. The lowest BCUT2D eigenvalue weighted by molar-refractivity contribution is 0.0830. The smallest absolute Gasteiger partial charge is 0.0170 e. The van der Waals surface area contributed by atoms with Crippen molar-refractivity contribution in [2.75, 3.05) is 6.54 Å². The minimum Gasteiger partial charge on any atom is -0.310 e. The van der Waals surface area contributed by atoms with E-state index in [0.29, 0.717) is 5.92 Å². The molecule has 13 heavy (non-hydrogen) atoms. The van der Waals surface area contributed by atoms with Crippen LogP contribution in [0, 0.1) is 23.7 Å². The normalized spacial score (nSPS) is 43.9. The summed E-state index contributed by atoms with van der Waals surface area (Å²) in [4.78, 5) is 0. The second-order valence-corrected chi connectivity index (χ2v) is 5.10. The van der Waals surface area contributed by atoms with E-state index >= 15 is 0 Å². The van der Waals surface area contributed by atoms with Crippen LogP contribution in [0.25, 0.3) is 0 Å². The van der Waals surface area contributed by atoms with E-state index in [1.165, 1.54) is 0 Å². The Morgan fingerprint density at radius 1 is 1.31 bits per heavy atom. The average Bonchev–Trinajstić information content (AvgIpc) is 2.35. The molecule has 0 saturated heterocycles. The van der Waals surface area contributed by atoms with Crippen LogP contribution < -0.4 is 5.32 Å². The molecule has 3 rings (SSSR count). The Morgan fingerprint density at radius 2 is 1.92 bits per heavy atom. The van der Waals surface area contributed by atoms with Crippen LogP contribution in [0.15, 0.2) is 11.6 Å². The van der Waals surface area contributed by atoms with Gasteiger partial charge in [0, 0.05) is 12.6 Å². The third kappa shape index (κ3) is 1.34. The molecule has 74 valence electrons. The van der Waals surface area contributed by atoms with Crippen molar-refractivity contribution in [2.45, 2.75) is 33.7 Å². The van der Waals surface area contributed by atoms with Gasteiger partial charge in [-0.2, -0.15) is 0 Å². The second kappa shape index (κ2) is 3.13. The molecule has 0 spiro atoms. The van der Waals surface area contributed by atoms with Gasteiger partial charge in [-0.1, -0.05) is 39.3 Å². The molecule has 2 unspecified atom stereocenters. The Kier molecular flexibility index (Phi) is 2.23. The second-order valence-electron chi connectivity index (χ2n) is 5.10. The first-order valence-corrected chi connectivity index (χ1v) is 5.55. The number of hydrogen-bond acceptors (Lipinski definition) is 1. The molecule has 1 heteroatoms. The van der Waals surface area contributed by atoms with Crippen LogP contribution in [0.2, 0.25) is 0 Å². The van der Waals surface area contributed by atoms with Gasteiger partial charge in [-0.3, -0.25) is 0 Å². The zero-order valence-corrected chi connectivity index (χ0v) is 9.17. The van der Waals surface area contributed by atoms with Crippen molar-refractivity contribution in [1.82, 2.24) is 5.32 Å². The molecule has 2 heterocycles.